The molecule has 1 aromatic rings. The van der Waals surface area contributed by atoms with Crippen molar-refractivity contribution in [1.29, 1.82) is 0 Å². The van der Waals surface area contributed by atoms with Gasteiger partial charge in [-0.05, 0) is 39.4 Å². The van der Waals surface area contributed by atoms with Crippen molar-refractivity contribution in [2.75, 3.05) is 7.05 Å². The first kappa shape index (κ1) is 13.5. The molecule has 3 heteroatoms. The number of rotatable bonds is 4. The number of hydrogen-bond acceptors (Lipinski definition) is 2. The molecule has 2 unspecified atom stereocenters. The second-order valence-electron chi connectivity index (χ2n) is 4.58. The minimum atomic E-state index is 0.0484. The van der Waals surface area contributed by atoms with E-state index in [0.29, 0.717) is 6.04 Å². The van der Waals surface area contributed by atoms with Gasteiger partial charge in [-0.1, -0.05) is 29.8 Å². The molecule has 1 aromatic carbocycles. The Labute approximate surface area is 103 Å². The average Bonchev–Trinajstić information content (AvgIpc) is 2.20. The van der Waals surface area contributed by atoms with E-state index in [0.717, 1.165) is 10.6 Å². The minimum Gasteiger partial charge on any atom is -0.326 e. The zero-order valence-corrected chi connectivity index (χ0v) is 11.2. The van der Waals surface area contributed by atoms with Crippen LogP contribution >= 0.6 is 11.6 Å². The van der Waals surface area contributed by atoms with E-state index in [1.54, 1.807) is 0 Å². The molecule has 0 aliphatic carbocycles. The van der Waals surface area contributed by atoms with Gasteiger partial charge in [0.25, 0.3) is 0 Å². The van der Waals surface area contributed by atoms with Gasteiger partial charge in [0.15, 0.2) is 0 Å². The average molecular weight is 241 g/mol. The van der Waals surface area contributed by atoms with Crippen molar-refractivity contribution in [2.24, 2.45) is 5.73 Å². The molecule has 0 fully saturated rings. The van der Waals surface area contributed by atoms with Crippen LogP contribution in [-0.2, 0) is 0 Å². The molecule has 0 saturated heterocycles. The molecule has 0 amide bonds. The van der Waals surface area contributed by atoms with Crippen molar-refractivity contribution in [2.45, 2.75) is 38.9 Å². The highest BCUT2D eigenvalue weighted by Gasteiger charge is 2.24. The molecular formula is C13H21ClN2. The molecule has 0 aliphatic heterocycles. The Balaban J connectivity index is 3.08. The molecular weight excluding hydrogens is 220 g/mol. The Kier molecular flexibility index (Phi) is 4.78. The van der Waals surface area contributed by atoms with Crippen LogP contribution in [-0.4, -0.2) is 24.0 Å². The number of nitrogens with zero attached hydrogens (tertiary/aromatic N) is 1. The maximum atomic E-state index is 6.23. The van der Waals surface area contributed by atoms with Crippen LogP contribution in [0.4, 0.5) is 0 Å². The summed E-state index contributed by atoms with van der Waals surface area (Å²) in [5.74, 6) is 0. The number of halogens is 1. The lowest BCUT2D eigenvalue weighted by atomic mass is 9.98. The van der Waals surface area contributed by atoms with Gasteiger partial charge in [-0.2, -0.15) is 0 Å². The van der Waals surface area contributed by atoms with Crippen molar-refractivity contribution in [1.82, 2.24) is 4.90 Å². The van der Waals surface area contributed by atoms with E-state index < -0.39 is 0 Å². The van der Waals surface area contributed by atoms with E-state index in [1.165, 1.54) is 0 Å². The van der Waals surface area contributed by atoms with Crippen LogP contribution in [0.5, 0.6) is 0 Å². The molecule has 0 aliphatic rings. The van der Waals surface area contributed by atoms with Crippen LogP contribution in [0.2, 0.25) is 5.02 Å². The number of benzene rings is 1. The highest BCUT2D eigenvalue weighted by atomic mass is 35.5. The van der Waals surface area contributed by atoms with Crippen LogP contribution < -0.4 is 5.73 Å². The Morgan fingerprint density at radius 3 is 2.19 bits per heavy atom. The monoisotopic (exact) mass is 240 g/mol. The summed E-state index contributed by atoms with van der Waals surface area (Å²) in [5, 5.41) is 0.789. The minimum absolute atomic E-state index is 0.0484. The molecule has 2 atom stereocenters. The lowest BCUT2D eigenvalue weighted by Crippen LogP contribution is -2.40. The van der Waals surface area contributed by atoms with Gasteiger partial charge in [-0.25, -0.2) is 0 Å². The zero-order chi connectivity index (χ0) is 12.3. The summed E-state index contributed by atoms with van der Waals surface area (Å²) in [6, 6.07) is 8.56. The molecule has 1 rings (SSSR count). The van der Waals surface area contributed by atoms with E-state index in [9.17, 15) is 0 Å². The molecule has 0 heterocycles. The third-order valence-corrected chi connectivity index (χ3v) is 3.32. The standard InChI is InChI=1S/C13H21ClN2/c1-9(2)16(4)13(10(3)15)11-7-5-6-8-12(11)14/h5-10,13H,15H2,1-4H3. The van der Waals surface area contributed by atoms with Crippen molar-refractivity contribution in [3.63, 3.8) is 0 Å². The van der Waals surface area contributed by atoms with E-state index >= 15 is 0 Å². The molecule has 16 heavy (non-hydrogen) atoms. The number of likely N-dealkylation sites (N-methyl/N-ethyl adjacent to an activating group) is 1. The second kappa shape index (κ2) is 5.67. The van der Waals surface area contributed by atoms with Crippen molar-refractivity contribution in [3.05, 3.63) is 34.9 Å². The van der Waals surface area contributed by atoms with Crippen molar-refractivity contribution in [3.8, 4) is 0 Å². The zero-order valence-electron chi connectivity index (χ0n) is 10.4. The fourth-order valence-electron chi connectivity index (χ4n) is 1.91. The largest absolute Gasteiger partial charge is 0.326 e. The summed E-state index contributed by atoms with van der Waals surface area (Å²) in [6.45, 7) is 6.34. The highest BCUT2D eigenvalue weighted by Crippen LogP contribution is 2.29. The number of nitrogens with two attached hydrogens (primary N) is 1. The first-order valence-corrected chi connectivity index (χ1v) is 6.05. The third kappa shape index (κ3) is 2.97. The molecule has 0 saturated carbocycles. The Bertz CT molecular complexity index is 336. The third-order valence-electron chi connectivity index (χ3n) is 2.98. The van der Waals surface area contributed by atoms with Gasteiger partial charge in [0.1, 0.15) is 0 Å². The summed E-state index contributed by atoms with van der Waals surface area (Å²) in [7, 11) is 2.09. The van der Waals surface area contributed by atoms with Crippen molar-refractivity contribution < 1.29 is 0 Å². The van der Waals surface area contributed by atoms with Gasteiger partial charge in [-0.3, -0.25) is 4.90 Å². The highest BCUT2D eigenvalue weighted by molar-refractivity contribution is 6.31. The van der Waals surface area contributed by atoms with Gasteiger partial charge in [0.2, 0.25) is 0 Å². The first-order chi connectivity index (χ1) is 7.45. The molecule has 2 N–H and O–H groups in total. The van der Waals surface area contributed by atoms with Gasteiger partial charge in [0.05, 0.1) is 6.04 Å². The van der Waals surface area contributed by atoms with Crippen LogP contribution in [0.15, 0.2) is 24.3 Å². The van der Waals surface area contributed by atoms with E-state index in [-0.39, 0.29) is 12.1 Å². The summed E-state index contributed by atoms with van der Waals surface area (Å²) >= 11 is 6.23. The van der Waals surface area contributed by atoms with Crippen LogP contribution in [0.3, 0.4) is 0 Å². The van der Waals surface area contributed by atoms with E-state index in [1.807, 2.05) is 25.1 Å². The number of hydrogen-bond donors (Lipinski definition) is 1. The Morgan fingerprint density at radius 1 is 1.19 bits per heavy atom. The van der Waals surface area contributed by atoms with Crippen molar-refractivity contribution >= 4 is 11.6 Å². The van der Waals surface area contributed by atoms with E-state index in [4.69, 9.17) is 17.3 Å². The molecule has 0 aromatic heterocycles. The van der Waals surface area contributed by atoms with Gasteiger partial charge in [-0.15, -0.1) is 0 Å². The maximum Gasteiger partial charge on any atom is 0.0510 e. The summed E-state index contributed by atoms with van der Waals surface area (Å²) in [4.78, 5) is 2.26. The van der Waals surface area contributed by atoms with Crippen LogP contribution in [0.25, 0.3) is 0 Å². The normalized spacial score (nSPS) is 15.5. The van der Waals surface area contributed by atoms with Gasteiger partial charge < -0.3 is 5.73 Å². The summed E-state index contributed by atoms with van der Waals surface area (Å²) in [6.07, 6.45) is 0. The smallest absolute Gasteiger partial charge is 0.0510 e. The fraction of sp³-hybridized carbons (Fsp3) is 0.538. The Morgan fingerprint density at radius 2 is 1.75 bits per heavy atom. The van der Waals surface area contributed by atoms with Crippen LogP contribution in [0, 0.1) is 0 Å². The lowest BCUT2D eigenvalue weighted by Gasteiger charge is -2.34. The summed E-state index contributed by atoms with van der Waals surface area (Å²) < 4.78 is 0. The molecule has 90 valence electrons. The summed E-state index contributed by atoms with van der Waals surface area (Å²) in [5.41, 5.74) is 7.18. The molecule has 0 spiro atoms. The Hall–Kier alpha value is -0.570. The molecule has 0 bridgehead atoms. The van der Waals surface area contributed by atoms with E-state index in [2.05, 4.69) is 31.9 Å². The molecule has 0 radical (unpaired) electrons. The molecule has 2 nitrogen and oxygen atoms in total. The first-order valence-electron chi connectivity index (χ1n) is 5.67. The van der Waals surface area contributed by atoms with Gasteiger partial charge >= 0.3 is 0 Å². The predicted octanol–water partition coefficient (Wildman–Crippen LogP) is 3.07. The second-order valence-corrected chi connectivity index (χ2v) is 4.99. The van der Waals surface area contributed by atoms with Crippen LogP contribution in [0.1, 0.15) is 32.4 Å². The quantitative estimate of drug-likeness (QED) is 0.877. The topological polar surface area (TPSA) is 29.3 Å². The van der Waals surface area contributed by atoms with Gasteiger partial charge in [0, 0.05) is 17.1 Å². The predicted molar refractivity (Wildman–Crippen MR) is 70.7 cm³/mol. The SMILES string of the molecule is CC(N)C(c1ccccc1Cl)N(C)C(C)C. The fourth-order valence-corrected chi connectivity index (χ4v) is 2.16. The maximum absolute atomic E-state index is 6.23. The lowest BCUT2D eigenvalue weighted by molar-refractivity contribution is 0.176.